The lowest BCUT2D eigenvalue weighted by Crippen LogP contribution is -2.45. The number of amides is 1. The fourth-order valence-corrected chi connectivity index (χ4v) is 3.89. The lowest BCUT2D eigenvalue weighted by atomic mass is 9.96. The number of alkyl halides is 3. The van der Waals surface area contributed by atoms with E-state index in [4.69, 9.17) is 0 Å². The fraction of sp³-hybridized carbons (Fsp3) is 0.417. The van der Waals surface area contributed by atoms with Gasteiger partial charge in [-0.25, -0.2) is 0 Å². The van der Waals surface area contributed by atoms with E-state index in [1.807, 2.05) is 27.7 Å². The van der Waals surface area contributed by atoms with Gasteiger partial charge in [-0.3, -0.25) is 4.79 Å². The van der Waals surface area contributed by atoms with Gasteiger partial charge in [0.15, 0.2) is 5.82 Å². The van der Waals surface area contributed by atoms with Crippen LogP contribution >= 0.6 is 0 Å². The lowest BCUT2D eigenvalue weighted by molar-refractivity contribution is -0.137. The number of carbonyl (C=O) groups excluding carboxylic acids is 1. The average Bonchev–Trinajstić information content (AvgIpc) is 3.50. The molecule has 0 spiro atoms. The molecule has 1 saturated carbocycles. The van der Waals surface area contributed by atoms with Gasteiger partial charge in [0.1, 0.15) is 0 Å². The Kier molecular flexibility index (Phi) is 5.76. The molecule has 1 amide bonds. The van der Waals surface area contributed by atoms with Gasteiger partial charge in [0.2, 0.25) is 0 Å². The van der Waals surface area contributed by atoms with Crippen molar-refractivity contribution in [2.24, 2.45) is 5.92 Å². The Bertz CT molecular complexity index is 1160. The molecule has 0 aliphatic heterocycles. The summed E-state index contributed by atoms with van der Waals surface area (Å²) in [6.45, 7) is 7.91. The zero-order chi connectivity index (χ0) is 24.0. The standard InChI is InChI=1S/C24H26F3N5O/c1-14(2)21-29-30-31-32(21)20-12-16(15-5-7-19(8-6-15)24(25,26)27)11-17(13-20)22(33)28-23(3,4)18-9-10-18/h5-8,11-14,18H,9-10H2,1-4H3,(H,28,33). The van der Waals surface area contributed by atoms with Gasteiger partial charge in [0.05, 0.1) is 11.3 Å². The Morgan fingerprint density at radius 1 is 1.06 bits per heavy atom. The summed E-state index contributed by atoms with van der Waals surface area (Å²) in [6.07, 6.45) is -2.27. The van der Waals surface area contributed by atoms with Crippen molar-refractivity contribution in [2.75, 3.05) is 0 Å². The van der Waals surface area contributed by atoms with Crippen LogP contribution in [0.25, 0.3) is 16.8 Å². The van der Waals surface area contributed by atoms with E-state index < -0.39 is 11.7 Å². The maximum atomic E-state index is 13.2. The van der Waals surface area contributed by atoms with Crippen LogP contribution in [0.4, 0.5) is 13.2 Å². The van der Waals surface area contributed by atoms with Crippen LogP contribution in [0.5, 0.6) is 0 Å². The average molecular weight is 458 g/mol. The minimum atomic E-state index is -4.42. The molecular weight excluding hydrogens is 431 g/mol. The molecule has 0 saturated heterocycles. The quantitative estimate of drug-likeness (QED) is 0.539. The van der Waals surface area contributed by atoms with Gasteiger partial charge in [-0.2, -0.15) is 17.9 Å². The molecule has 4 rings (SSSR count). The molecule has 1 heterocycles. The Morgan fingerprint density at radius 3 is 2.30 bits per heavy atom. The number of tetrazole rings is 1. The second kappa shape index (κ2) is 8.28. The number of hydrogen-bond donors (Lipinski definition) is 1. The Labute approximate surface area is 190 Å². The zero-order valence-electron chi connectivity index (χ0n) is 18.9. The summed E-state index contributed by atoms with van der Waals surface area (Å²) in [6, 6.07) is 10.0. The summed E-state index contributed by atoms with van der Waals surface area (Å²) in [4.78, 5) is 13.2. The number of hydrogen-bond acceptors (Lipinski definition) is 4. The van der Waals surface area contributed by atoms with Gasteiger partial charge >= 0.3 is 6.18 Å². The van der Waals surface area contributed by atoms with Crippen LogP contribution in [0.15, 0.2) is 42.5 Å². The molecule has 33 heavy (non-hydrogen) atoms. The summed E-state index contributed by atoms with van der Waals surface area (Å²) in [5.41, 5.74) is 1.03. The SMILES string of the molecule is CC(C)c1nnnn1-c1cc(C(=O)NC(C)(C)C2CC2)cc(-c2ccc(C(F)(F)F)cc2)c1. The van der Waals surface area contributed by atoms with E-state index in [1.54, 1.807) is 22.9 Å². The number of carbonyl (C=O) groups is 1. The van der Waals surface area contributed by atoms with Crippen molar-refractivity contribution in [3.05, 3.63) is 59.4 Å². The van der Waals surface area contributed by atoms with E-state index in [1.165, 1.54) is 12.1 Å². The minimum absolute atomic E-state index is 0.0285. The van der Waals surface area contributed by atoms with Gasteiger partial charge < -0.3 is 5.32 Å². The number of rotatable bonds is 6. The van der Waals surface area contributed by atoms with E-state index in [2.05, 4.69) is 20.8 Å². The highest BCUT2D eigenvalue weighted by atomic mass is 19.4. The molecule has 174 valence electrons. The largest absolute Gasteiger partial charge is 0.416 e. The minimum Gasteiger partial charge on any atom is -0.347 e. The third-order valence-corrected chi connectivity index (χ3v) is 6.01. The van der Waals surface area contributed by atoms with Crippen molar-refractivity contribution in [1.29, 1.82) is 0 Å². The van der Waals surface area contributed by atoms with E-state index in [0.29, 0.717) is 34.1 Å². The van der Waals surface area contributed by atoms with Crippen LogP contribution in [0.1, 0.15) is 68.2 Å². The van der Waals surface area contributed by atoms with Crippen molar-refractivity contribution in [3.63, 3.8) is 0 Å². The molecule has 1 N–H and O–H groups in total. The van der Waals surface area contributed by atoms with Crippen molar-refractivity contribution in [2.45, 2.75) is 58.2 Å². The lowest BCUT2D eigenvalue weighted by Gasteiger charge is -2.26. The predicted octanol–water partition coefficient (Wildman–Crippen LogP) is 5.39. The highest BCUT2D eigenvalue weighted by Gasteiger charge is 2.39. The first-order chi connectivity index (χ1) is 15.5. The van der Waals surface area contributed by atoms with Crippen LogP contribution < -0.4 is 5.32 Å². The van der Waals surface area contributed by atoms with Crippen molar-refractivity contribution >= 4 is 5.91 Å². The first-order valence-corrected chi connectivity index (χ1v) is 10.9. The maximum Gasteiger partial charge on any atom is 0.416 e. The van der Waals surface area contributed by atoms with Gasteiger partial charge in [0, 0.05) is 17.0 Å². The molecular formula is C24H26F3N5O. The van der Waals surface area contributed by atoms with Crippen LogP contribution in [0, 0.1) is 5.92 Å². The number of nitrogens with zero attached hydrogens (tertiary/aromatic N) is 4. The number of nitrogens with one attached hydrogen (secondary N) is 1. The maximum absolute atomic E-state index is 13.2. The molecule has 0 bridgehead atoms. The fourth-order valence-electron chi connectivity index (χ4n) is 3.89. The molecule has 0 atom stereocenters. The number of aromatic nitrogens is 4. The Hall–Kier alpha value is -3.23. The van der Waals surface area contributed by atoms with Gasteiger partial charge in [-0.15, -0.1) is 5.10 Å². The molecule has 6 nitrogen and oxygen atoms in total. The summed E-state index contributed by atoms with van der Waals surface area (Å²) in [5.74, 6) is 0.831. The summed E-state index contributed by atoms with van der Waals surface area (Å²) >= 11 is 0. The topological polar surface area (TPSA) is 72.7 Å². The molecule has 0 unspecified atom stereocenters. The molecule has 1 aliphatic rings. The van der Waals surface area contributed by atoms with Crippen molar-refractivity contribution in [1.82, 2.24) is 25.5 Å². The van der Waals surface area contributed by atoms with E-state index in [0.717, 1.165) is 25.0 Å². The predicted molar refractivity (Wildman–Crippen MR) is 118 cm³/mol. The van der Waals surface area contributed by atoms with Crippen molar-refractivity contribution in [3.8, 4) is 16.8 Å². The summed E-state index contributed by atoms with van der Waals surface area (Å²) in [7, 11) is 0. The molecule has 9 heteroatoms. The molecule has 1 aromatic heterocycles. The normalized spacial score (nSPS) is 14.5. The Balaban J connectivity index is 1.78. The second-order valence-electron chi connectivity index (χ2n) is 9.40. The monoisotopic (exact) mass is 457 g/mol. The van der Waals surface area contributed by atoms with Gasteiger partial charge in [-0.05, 0) is 84.5 Å². The second-order valence-corrected chi connectivity index (χ2v) is 9.40. The van der Waals surface area contributed by atoms with E-state index in [9.17, 15) is 18.0 Å². The molecule has 3 aromatic rings. The molecule has 2 aromatic carbocycles. The molecule has 1 aliphatic carbocycles. The van der Waals surface area contributed by atoms with Gasteiger partial charge in [-0.1, -0.05) is 26.0 Å². The third kappa shape index (κ3) is 4.91. The first kappa shape index (κ1) is 22.9. The van der Waals surface area contributed by atoms with E-state index >= 15 is 0 Å². The van der Waals surface area contributed by atoms with Crippen LogP contribution in [-0.4, -0.2) is 31.7 Å². The zero-order valence-corrected chi connectivity index (χ0v) is 18.9. The first-order valence-electron chi connectivity index (χ1n) is 10.9. The van der Waals surface area contributed by atoms with Crippen LogP contribution in [0.2, 0.25) is 0 Å². The summed E-state index contributed by atoms with van der Waals surface area (Å²) in [5, 5.41) is 15.0. The summed E-state index contributed by atoms with van der Waals surface area (Å²) < 4.78 is 40.6. The molecule has 0 radical (unpaired) electrons. The van der Waals surface area contributed by atoms with E-state index in [-0.39, 0.29) is 17.4 Å². The number of halogens is 3. The smallest absolute Gasteiger partial charge is 0.347 e. The highest BCUT2D eigenvalue weighted by molar-refractivity contribution is 5.96. The van der Waals surface area contributed by atoms with Crippen molar-refractivity contribution < 1.29 is 18.0 Å². The van der Waals surface area contributed by atoms with Crippen LogP contribution in [0.3, 0.4) is 0 Å². The number of benzene rings is 2. The van der Waals surface area contributed by atoms with Crippen LogP contribution in [-0.2, 0) is 6.18 Å². The third-order valence-electron chi connectivity index (χ3n) is 6.01. The Morgan fingerprint density at radius 2 is 1.73 bits per heavy atom. The molecule has 1 fully saturated rings. The highest BCUT2D eigenvalue weighted by Crippen LogP contribution is 2.39. The van der Waals surface area contributed by atoms with Gasteiger partial charge in [0.25, 0.3) is 5.91 Å².